The van der Waals surface area contributed by atoms with E-state index in [0.29, 0.717) is 11.5 Å². The lowest BCUT2D eigenvalue weighted by Crippen LogP contribution is -2.39. The number of aromatic nitrogens is 3. The number of rotatable bonds is 7. The molecule has 0 saturated heterocycles. The molecule has 1 aromatic carbocycles. The number of pyridine rings is 1. The number of nitrogens with one attached hydrogen (secondary N) is 2. The lowest BCUT2D eigenvalue weighted by atomic mass is 10.0. The molecule has 0 aliphatic carbocycles. The van der Waals surface area contributed by atoms with Crippen LogP contribution in [0.2, 0.25) is 0 Å². The van der Waals surface area contributed by atoms with E-state index >= 15 is 0 Å². The molecule has 1 atom stereocenters. The Balaban J connectivity index is 1.95. The maximum absolute atomic E-state index is 11.7. The molecule has 0 fully saturated rings. The van der Waals surface area contributed by atoms with Crippen LogP contribution in [0.3, 0.4) is 0 Å². The SMILES string of the molecule is CC(C)C(Nc1cnc(C(N)=O)c(Nc2cnc3ccccc3c2)n1)C(N)=O. The number of hydrogen-bond donors (Lipinski definition) is 4. The lowest BCUT2D eigenvalue weighted by molar-refractivity contribution is -0.119. The molecule has 0 radical (unpaired) electrons. The van der Waals surface area contributed by atoms with E-state index < -0.39 is 17.9 Å². The number of carbonyl (C=O) groups is 2. The lowest BCUT2D eigenvalue weighted by Gasteiger charge is -2.20. The van der Waals surface area contributed by atoms with Crippen LogP contribution in [0.25, 0.3) is 10.9 Å². The number of benzene rings is 1. The smallest absolute Gasteiger partial charge is 0.271 e. The largest absolute Gasteiger partial charge is 0.368 e. The molecular formula is C19H21N7O2. The van der Waals surface area contributed by atoms with Crippen molar-refractivity contribution in [3.8, 4) is 0 Å². The third-order valence-electron chi connectivity index (χ3n) is 4.14. The predicted molar refractivity (Wildman–Crippen MR) is 107 cm³/mol. The van der Waals surface area contributed by atoms with Gasteiger partial charge in [0.2, 0.25) is 5.91 Å². The Hall–Kier alpha value is -3.75. The summed E-state index contributed by atoms with van der Waals surface area (Å²) in [4.78, 5) is 36.2. The second-order valence-corrected chi connectivity index (χ2v) is 6.63. The Labute approximate surface area is 161 Å². The van der Waals surface area contributed by atoms with E-state index in [1.165, 1.54) is 6.20 Å². The van der Waals surface area contributed by atoms with Crippen molar-refractivity contribution >= 4 is 40.0 Å². The van der Waals surface area contributed by atoms with E-state index in [-0.39, 0.29) is 17.4 Å². The van der Waals surface area contributed by atoms with Crippen LogP contribution in [0.4, 0.5) is 17.3 Å². The Morgan fingerprint density at radius 1 is 1.07 bits per heavy atom. The number of hydrogen-bond acceptors (Lipinski definition) is 7. The van der Waals surface area contributed by atoms with Crippen LogP contribution in [0, 0.1) is 5.92 Å². The summed E-state index contributed by atoms with van der Waals surface area (Å²) in [6.07, 6.45) is 2.96. The molecule has 0 aliphatic heterocycles. The van der Waals surface area contributed by atoms with Crippen molar-refractivity contribution in [3.05, 3.63) is 48.4 Å². The van der Waals surface area contributed by atoms with Crippen molar-refractivity contribution in [1.82, 2.24) is 15.0 Å². The first-order chi connectivity index (χ1) is 13.3. The van der Waals surface area contributed by atoms with Crippen molar-refractivity contribution < 1.29 is 9.59 Å². The summed E-state index contributed by atoms with van der Waals surface area (Å²) in [6.45, 7) is 3.71. The van der Waals surface area contributed by atoms with Gasteiger partial charge in [-0.3, -0.25) is 14.6 Å². The number of fused-ring (bicyclic) bond motifs is 1. The fourth-order valence-corrected chi connectivity index (χ4v) is 2.73. The number of para-hydroxylation sites is 1. The minimum Gasteiger partial charge on any atom is -0.368 e. The Kier molecular flexibility index (Phi) is 5.35. The summed E-state index contributed by atoms with van der Waals surface area (Å²) in [5.74, 6) is -0.855. The number of primary amides is 2. The van der Waals surface area contributed by atoms with E-state index in [0.717, 1.165) is 10.9 Å². The molecule has 144 valence electrons. The Bertz CT molecular complexity index is 1040. The van der Waals surface area contributed by atoms with Crippen LogP contribution < -0.4 is 22.1 Å². The van der Waals surface area contributed by atoms with E-state index in [2.05, 4.69) is 25.6 Å². The molecule has 0 bridgehead atoms. The van der Waals surface area contributed by atoms with Gasteiger partial charge in [0.1, 0.15) is 11.9 Å². The maximum atomic E-state index is 11.7. The maximum Gasteiger partial charge on any atom is 0.271 e. The van der Waals surface area contributed by atoms with Gasteiger partial charge in [-0.15, -0.1) is 0 Å². The van der Waals surface area contributed by atoms with Gasteiger partial charge < -0.3 is 22.1 Å². The van der Waals surface area contributed by atoms with Gasteiger partial charge >= 0.3 is 0 Å². The molecule has 2 amide bonds. The molecule has 28 heavy (non-hydrogen) atoms. The molecule has 3 rings (SSSR count). The zero-order valence-electron chi connectivity index (χ0n) is 15.5. The fourth-order valence-electron chi connectivity index (χ4n) is 2.73. The highest BCUT2D eigenvalue weighted by molar-refractivity contribution is 5.96. The Morgan fingerprint density at radius 2 is 1.82 bits per heavy atom. The standard InChI is InChI=1S/C19H21N7O2/c1-10(2)15(17(20)27)25-14-9-23-16(18(21)28)19(26-14)24-12-7-11-5-3-4-6-13(11)22-8-12/h3-10,15H,1-2H3,(H2,20,27)(H2,21,28)(H2,24,25,26). The molecule has 6 N–H and O–H groups in total. The fraction of sp³-hybridized carbons (Fsp3) is 0.211. The van der Waals surface area contributed by atoms with Gasteiger partial charge in [-0.2, -0.15) is 0 Å². The predicted octanol–water partition coefficient (Wildman–Crippen LogP) is 1.79. The second kappa shape index (κ2) is 7.87. The van der Waals surface area contributed by atoms with Crippen LogP contribution in [0.15, 0.2) is 42.7 Å². The van der Waals surface area contributed by atoms with Crippen LogP contribution >= 0.6 is 0 Å². The van der Waals surface area contributed by atoms with Gasteiger partial charge in [0.25, 0.3) is 5.91 Å². The van der Waals surface area contributed by atoms with E-state index in [4.69, 9.17) is 11.5 Å². The third kappa shape index (κ3) is 4.14. The van der Waals surface area contributed by atoms with Crippen molar-refractivity contribution in [2.24, 2.45) is 17.4 Å². The number of nitrogens with two attached hydrogens (primary N) is 2. The summed E-state index contributed by atoms with van der Waals surface area (Å²) in [6, 6.07) is 8.86. The van der Waals surface area contributed by atoms with Crippen molar-refractivity contribution in [1.29, 1.82) is 0 Å². The summed E-state index contributed by atoms with van der Waals surface area (Å²) in [5, 5.41) is 6.89. The average Bonchev–Trinajstić information content (AvgIpc) is 2.65. The molecule has 0 spiro atoms. The summed E-state index contributed by atoms with van der Waals surface area (Å²) >= 11 is 0. The van der Waals surface area contributed by atoms with E-state index in [1.54, 1.807) is 6.20 Å². The molecule has 0 aliphatic rings. The van der Waals surface area contributed by atoms with Gasteiger partial charge in [-0.05, 0) is 18.1 Å². The molecule has 3 aromatic rings. The molecule has 2 heterocycles. The zero-order chi connectivity index (χ0) is 20.3. The first-order valence-corrected chi connectivity index (χ1v) is 8.69. The number of amides is 2. The first-order valence-electron chi connectivity index (χ1n) is 8.69. The molecule has 9 nitrogen and oxygen atoms in total. The highest BCUT2D eigenvalue weighted by Crippen LogP contribution is 2.22. The highest BCUT2D eigenvalue weighted by atomic mass is 16.1. The van der Waals surface area contributed by atoms with Crippen LogP contribution in [-0.2, 0) is 4.79 Å². The number of nitrogens with zero attached hydrogens (tertiary/aromatic N) is 3. The van der Waals surface area contributed by atoms with Gasteiger partial charge in [0, 0.05) is 5.39 Å². The topological polar surface area (TPSA) is 149 Å². The minimum atomic E-state index is -0.731. The molecule has 1 unspecified atom stereocenters. The first kappa shape index (κ1) is 19.0. The minimum absolute atomic E-state index is 0.0288. The van der Waals surface area contributed by atoms with Gasteiger partial charge in [0.05, 0.1) is 23.6 Å². The molecule has 0 saturated carbocycles. The van der Waals surface area contributed by atoms with Gasteiger partial charge in [-0.25, -0.2) is 9.97 Å². The summed E-state index contributed by atoms with van der Waals surface area (Å²) in [7, 11) is 0. The van der Waals surface area contributed by atoms with Crippen LogP contribution in [0.5, 0.6) is 0 Å². The monoisotopic (exact) mass is 379 g/mol. The quantitative estimate of drug-likeness (QED) is 0.489. The summed E-state index contributed by atoms with van der Waals surface area (Å²) in [5.41, 5.74) is 12.3. The average molecular weight is 379 g/mol. The highest BCUT2D eigenvalue weighted by Gasteiger charge is 2.21. The molecule has 9 heteroatoms. The number of anilines is 3. The Morgan fingerprint density at radius 3 is 2.50 bits per heavy atom. The number of carbonyl (C=O) groups excluding carboxylic acids is 2. The third-order valence-corrected chi connectivity index (χ3v) is 4.14. The molecular weight excluding hydrogens is 358 g/mol. The van der Waals surface area contributed by atoms with E-state index in [9.17, 15) is 9.59 Å². The van der Waals surface area contributed by atoms with E-state index in [1.807, 2.05) is 44.2 Å². The normalized spacial score (nSPS) is 12.0. The van der Waals surface area contributed by atoms with Gasteiger partial charge in [0.15, 0.2) is 11.5 Å². The molecule has 2 aromatic heterocycles. The second-order valence-electron chi connectivity index (χ2n) is 6.63. The summed E-state index contributed by atoms with van der Waals surface area (Å²) < 4.78 is 0. The van der Waals surface area contributed by atoms with Gasteiger partial charge in [-0.1, -0.05) is 32.0 Å². The van der Waals surface area contributed by atoms with Crippen molar-refractivity contribution in [2.45, 2.75) is 19.9 Å². The van der Waals surface area contributed by atoms with Crippen LogP contribution in [0.1, 0.15) is 24.3 Å². The van der Waals surface area contributed by atoms with Crippen LogP contribution in [-0.4, -0.2) is 32.8 Å². The zero-order valence-corrected chi connectivity index (χ0v) is 15.5. The van der Waals surface area contributed by atoms with Crippen molar-refractivity contribution in [2.75, 3.05) is 10.6 Å². The van der Waals surface area contributed by atoms with Crippen molar-refractivity contribution in [3.63, 3.8) is 0 Å².